The Bertz CT molecular complexity index is 529. The van der Waals surface area contributed by atoms with Gasteiger partial charge in [0, 0.05) is 29.4 Å². The van der Waals surface area contributed by atoms with E-state index in [1.54, 1.807) is 0 Å². The fourth-order valence-corrected chi connectivity index (χ4v) is 1.94. The van der Waals surface area contributed by atoms with Crippen LogP contribution in [0.4, 0.5) is 0 Å². The molecule has 0 unspecified atom stereocenters. The molecule has 0 radical (unpaired) electrons. The third kappa shape index (κ3) is 1.73. The molecular weight excluding hydrogens is 184 g/mol. The number of nitrogens with zero attached hydrogens (tertiary/aromatic N) is 1. The topological polar surface area (TPSA) is 39.6 Å². The Labute approximate surface area is 89.5 Å². The summed E-state index contributed by atoms with van der Waals surface area (Å²) < 4.78 is 0. The third-order valence-corrected chi connectivity index (χ3v) is 2.80. The van der Waals surface area contributed by atoms with Crippen LogP contribution < -0.4 is 0 Å². The van der Waals surface area contributed by atoms with Gasteiger partial charge in [-0.15, -0.1) is 0 Å². The molecule has 2 rings (SSSR count). The van der Waals surface area contributed by atoms with Gasteiger partial charge in [0.05, 0.1) is 6.07 Å². The van der Waals surface area contributed by atoms with E-state index in [2.05, 4.69) is 43.1 Å². The first-order valence-electron chi connectivity index (χ1n) is 5.17. The number of aromatic nitrogens is 1. The normalized spacial score (nSPS) is 10.5. The van der Waals surface area contributed by atoms with Gasteiger partial charge in [-0.1, -0.05) is 12.1 Å². The first-order valence-corrected chi connectivity index (χ1v) is 5.17. The summed E-state index contributed by atoms with van der Waals surface area (Å²) in [5.74, 6) is 0. The molecule has 0 aliphatic rings. The molecule has 0 aliphatic heterocycles. The number of rotatable bonds is 2. The number of hydrogen-bond donors (Lipinski definition) is 1. The minimum absolute atomic E-state index is 0.576. The smallest absolute Gasteiger partial charge is 0.0625 e. The molecule has 76 valence electrons. The van der Waals surface area contributed by atoms with Crippen molar-refractivity contribution in [3.63, 3.8) is 0 Å². The van der Waals surface area contributed by atoms with E-state index in [0.29, 0.717) is 6.42 Å². The Hall–Kier alpha value is -1.75. The quantitative estimate of drug-likeness (QED) is 0.790. The highest BCUT2D eigenvalue weighted by molar-refractivity contribution is 5.84. The molecule has 0 amide bonds. The van der Waals surface area contributed by atoms with Crippen LogP contribution in [0.2, 0.25) is 0 Å². The monoisotopic (exact) mass is 198 g/mol. The Morgan fingerprint density at radius 1 is 1.33 bits per heavy atom. The van der Waals surface area contributed by atoms with Crippen LogP contribution in [0, 0.1) is 25.2 Å². The predicted octanol–water partition coefficient (Wildman–Crippen LogP) is 3.24. The van der Waals surface area contributed by atoms with Crippen molar-refractivity contribution in [3.8, 4) is 6.07 Å². The average molecular weight is 198 g/mol. The van der Waals surface area contributed by atoms with Gasteiger partial charge in [-0.25, -0.2) is 0 Å². The van der Waals surface area contributed by atoms with Crippen molar-refractivity contribution in [3.05, 3.63) is 35.0 Å². The van der Waals surface area contributed by atoms with Crippen molar-refractivity contribution in [2.24, 2.45) is 0 Å². The van der Waals surface area contributed by atoms with Crippen LogP contribution in [-0.2, 0) is 6.42 Å². The zero-order valence-corrected chi connectivity index (χ0v) is 9.09. The summed E-state index contributed by atoms with van der Waals surface area (Å²) in [5.41, 5.74) is 4.91. The molecule has 0 bridgehead atoms. The van der Waals surface area contributed by atoms with Crippen molar-refractivity contribution in [2.45, 2.75) is 26.7 Å². The van der Waals surface area contributed by atoms with Crippen LogP contribution in [0.5, 0.6) is 0 Å². The maximum Gasteiger partial charge on any atom is 0.0625 e. The molecule has 2 heteroatoms. The summed E-state index contributed by atoms with van der Waals surface area (Å²) in [6.45, 7) is 4.20. The lowest BCUT2D eigenvalue weighted by atomic mass is 10.1. The Morgan fingerprint density at radius 2 is 2.13 bits per heavy atom. The van der Waals surface area contributed by atoms with Gasteiger partial charge in [-0.2, -0.15) is 5.26 Å². The number of benzene rings is 1. The van der Waals surface area contributed by atoms with E-state index >= 15 is 0 Å². The number of hydrogen-bond acceptors (Lipinski definition) is 1. The Balaban J connectivity index is 2.50. The van der Waals surface area contributed by atoms with Crippen molar-refractivity contribution < 1.29 is 0 Å². The van der Waals surface area contributed by atoms with Crippen molar-refractivity contribution in [1.29, 1.82) is 5.26 Å². The first kappa shape index (κ1) is 9.79. The summed E-state index contributed by atoms with van der Waals surface area (Å²) in [6, 6.07) is 8.60. The van der Waals surface area contributed by atoms with E-state index in [-0.39, 0.29) is 0 Å². The summed E-state index contributed by atoms with van der Waals surface area (Å²) in [4.78, 5) is 3.39. The number of nitriles is 1. The lowest BCUT2D eigenvalue weighted by Crippen LogP contribution is -1.85. The minimum atomic E-state index is 0.576. The molecule has 15 heavy (non-hydrogen) atoms. The van der Waals surface area contributed by atoms with Crippen LogP contribution in [-0.4, -0.2) is 4.98 Å². The van der Waals surface area contributed by atoms with Crippen LogP contribution in [0.3, 0.4) is 0 Å². The number of fused-ring (bicyclic) bond motifs is 1. The van der Waals surface area contributed by atoms with Crippen LogP contribution in [0.25, 0.3) is 10.9 Å². The average Bonchev–Trinajstić information content (AvgIpc) is 2.52. The SMILES string of the molecule is Cc1ccc2c(C)c(CCC#N)[nH]c2c1. The van der Waals surface area contributed by atoms with Gasteiger partial charge in [0.15, 0.2) is 0 Å². The van der Waals surface area contributed by atoms with Crippen LogP contribution >= 0.6 is 0 Å². The second kappa shape index (κ2) is 3.78. The van der Waals surface area contributed by atoms with Crippen molar-refractivity contribution >= 4 is 10.9 Å². The molecule has 1 N–H and O–H groups in total. The molecule has 1 aromatic heterocycles. The van der Waals surface area contributed by atoms with Gasteiger partial charge in [-0.3, -0.25) is 0 Å². The predicted molar refractivity (Wildman–Crippen MR) is 61.7 cm³/mol. The van der Waals surface area contributed by atoms with Crippen LogP contribution in [0.1, 0.15) is 23.2 Å². The highest BCUT2D eigenvalue weighted by Gasteiger charge is 2.06. The second-order valence-corrected chi connectivity index (χ2v) is 3.94. The molecule has 2 nitrogen and oxygen atoms in total. The zero-order valence-electron chi connectivity index (χ0n) is 9.09. The lowest BCUT2D eigenvalue weighted by molar-refractivity contribution is 0.961. The van der Waals surface area contributed by atoms with Gasteiger partial charge in [0.2, 0.25) is 0 Å². The number of aryl methyl sites for hydroxylation is 3. The van der Waals surface area contributed by atoms with E-state index in [0.717, 1.165) is 6.42 Å². The fourth-order valence-electron chi connectivity index (χ4n) is 1.94. The molecule has 0 saturated carbocycles. The van der Waals surface area contributed by atoms with E-state index in [1.807, 2.05) is 0 Å². The zero-order chi connectivity index (χ0) is 10.8. The largest absolute Gasteiger partial charge is 0.358 e. The Morgan fingerprint density at radius 3 is 2.87 bits per heavy atom. The highest BCUT2D eigenvalue weighted by atomic mass is 14.7. The summed E-state index contributed by atoms with van der Waals surface area (Å²) in [6.07, 6.45) is 1.39. The number of nitrogens with one attached hydrogen (secondary N) is 1. The summed E-state index contributed by atoms with van der Waals surface area (Å²) in [7, 11) is 0. The van der Waals surface area contributed by atoms with Gasteiger partial charge < -0.3 is 4.98 Å². The summed E-state index contributed by atoms with van der Waals surface area (Å²) >= 11 is 0. The molecule has 0 aliphatic carbocycles. The summed E-state index contributed by atoms with van der Waals surface area (Å²) in [5, 5.41) is 9.85. The number of H-pyrrole nitrogens is 1. The molecule has 0 atom stereocenters. The minimum Gasteiger partial charge on any atom is -0.358 e. The van der Waals surface area contributed by atoms with Crippen molar-refractivity contribution in [1.82, 2.24) is 4.98 Å². The van der Waals surface area contributed by atoms with Gasteiger partial charge >= 0.3 is 0 Å². The highest BCUT2D eigenvalue weighted by Crippen LogP contribution is 2.23. The molecular formula is C13H14N2. The van der Waals surface area contributed by atoms with Gasteiger partial charge in [0.25, 0.3) is 0 Å². The first-order chi connectivity index (χ1) is 7.22. The molecule has 1 aromatic carbocycles. The van der Waals surface area contributed by atoms with Crippen LogP contribution in [0.15, 0.2) is 18.2 Å². The molecule has 0 saturated heterocycles. The third-order valence-electron chi connectivity index (χ3n) is 2.80. The Kier molecular flexibility index (Phi) is 2.47. The fraction of sp³-hybridized carbons (Fsp3) is 0.308. The van der Waals surface area contributed by atoms with E-state index in [9.17, 15) is 0 Å². The van der Waals surface area contributed by atoms with Gasteiger partial charge in [0.1, 0.15) is 0 Å². The standard InChI is InChI=1S/C13H14N2/c1-9-5-6-11-10(2)12(4-3-7-14)15-13(11)8-9/h5-6,8,15H,3-4H2,1-2H3. The second-order valence-electron chi connectivity index (χ2n) is 3.94. The number of aromatic amines is 1. The van der Waals surface area contributed by atoms with Gasteiger partial charge in [-0.05, 0) is 31.0 Å². The van der Waals surface area contributed by atoms with E-state index in [4.69, 9.17) is 5.26 Å². The lowest BCUT2D eigenvalue weighted by Gasteiger charge is -1.94. The molecule has 0 spiro atoms. The van der Waals surface area contributed by atoms with E-state index in [1.165, 1.54) is 27.7 Å². The molecule has 2 aromatic rings. The molecule has 0 fully saturated rings. The maximum atomic E-state index is 8.57. The van der Waals surface area contributed by atoms with E-state index < -0.39 is 0 Å². The van der Waals surface area contributed by atoms with Crippen molar-refractivity contribution in [2.75, 3.05) is 0 Å². The molecule has 1 heterocycles. The maximum absolute atomic E-state index is 8.57.